The lowest BCUT2D eigenvalue weighted by Crippen LogP contribution is -2.00. The molecule has 0 radical (unpaired) electrons. The number of rotatable bonds is 7. The zero-order valence-corrected chi connectivity index (χ0v) is 18.9. The van der Waals surface area contributed by atoms with E-state index in [4.69, 9.17) is 34.8 Å². The molecule has 0 aliphatic heterocycles. The molecule has 1 aliphatic rings. The highest BCUT2D eigenvalue weighted by molar-refractivity contribution is 7.14. The van der Waals surface area contributed by atoms with Gasteiger partial charge in [-0.15, -0.1) is 22.9 Å². The van der Waals surface area contributed by atoms with Crippen LogP contribution >= 0.6 is 46.1 Å². The number of Topliss-reactive ketones (excluding diaryl/α,β-unsaturated/α-hetero) is 1. The molecule has 2 atom stereocenters. The number of ketones is 1. The molecule has 0 amide bonds. The highest BCUT2D eigenvalue weighted by Gasteiger charge is 2.24. The summed E-state index contributed by atoms with van der Waals surface area (Å²) in [5.41, 5.74) is 3.33. The van der Waals surface area contributed by atoms with Crippen LogP contribution in [0.1, 0.15) is 66.1 Å². The van der Waals surface area contributed by atoms with Crippen LogP contribution in [0.3, 0.4) is 0 Å². The summed E-state index contributed by atoms with van der Waals surface area (Å²) in [5, 5.41) is 1.66. The number of alkyl halides is 1. The maximum atomic E-state index is 11.9. The van der Waals surface area contributed by atoms with Crippen molar-refractivity contribution in [3.63, 3.8) is 0 Å². The van der Waals surface area contributed by atoms with Crippen LogP contribution in [-0.2, 0) is 12.8 Å². The van der Waals surface area contributed by atoms with Crippen molar-refractivity contribution in [1.29, 1.82) is 0 Å². The van der Waals surface area contributed by atoms with E-state index in [1.165, 1.54) is 16.9 Å². The Hall–Kier alpha value is -0.540. The van der Waals surface area contributed by atoms with E-state index < -0.39 is 0 Å². The van der Waals surface area contributed by atoms with Gasteiger partial charge in [-0.1, -0.05) is 36.5 Å². The van der Waals surface area contributed by atoms with Gasteiger partial charge >= 0.3 is 0 Å². The van der Waals surface area contributed by atoms with E-state index in [0.29, 0.717) is 21.3 Å². The molecule has 1 nitrogen and oxygen atoms in total. The van der Waals surface area contributed by atoms with Crippen molar-refractivity contribution < 1.29 is 4.79 Å². The fourth-order valence-corrected chi connectivity index (χ4v) is 6.17. The molecule has 0 saturated heterocycles. The van der Waals surface area contributed by atoms with Crippen LogP contribution in [-0.4, -0.2) is 11.2 Å². The Morgan fingerprint density at radius 3 is 2.59 bits per heavy atom. The van der Waals surface area contributed by atoms with Crippen molar-refractivity contribution >= 4 is 51.9 Å². The average molecular weight is 444 g/mol. The fraction of sp³-hybridized carbons (Fsp3) is 0.500. The van der Waals surface area contributed by atoms with Crippen LogP contribution in [0.4, 0.5) is 0 Å². The minimum atomic E-state index is 0.106. The van der Waals surface area contributed by atoms with Gasteiger partial charge in [0, 0.05) is 20.8 Å². The molecule has 0 bridgehead atoms. The zero-order chi connectivity index (χ0) is 19.6. The Bertz CT molecular complexity index is 827. The van der Waals surface area contributed by atoms with Gasteiger partial charge in [0.1, 0.15) is 0 Å². The van der Waals surface area contributed by atoms with E-state index in [9.17, 15) is 4.79 Å². The monoisotopic (exact) mass is 442 g/mol. The predicted molar refractivity (Wildman–Crippen MR) is 119 cm³/mol. The number of carbonyl (C=O) groups is 1. The first kappa shape index (κ1) is 21.2. The number of halogens is 3. The summed E-state index contributed by atoms with van der Waals surface area (Å²) in [6.07, 6.45) is 7.42. The second-order valence-electron chi connectivity index (χ2n) is 7.49. The normalized spacial score (nSPS) is 19.6. The maximum Gasteiger partial charge on any atom is 0.169 e. The van der Waals surface area contributed by atoms with E-state index in [0.717, 1.165) is 54.5 Å². The van der Waals surface area contributed by atoms with Gasteiger partial charge in [-0.2, -0.15) is 0 Å². The van der Waals surface area contributed by atoms with Gasteiger partial charge in [-0.3, -0.25) is 4.79 Å². The summed E-state index contributed by atoms with van der Waals surface area (Å²) < 4.78 is 0. The number of thiophene rings is 1. The van der Waals surface area contributed by atoms with Gasteiger partial charge in [-0.25, -0.2) is 0 Å². The molecule has 1 aromatic carbocycles. The number of hydrogen-bond acceptors (Lipinski definition) is 2. The van der Waals surface area contributed by atoms with Crippen LogP contribution in [0.25, 0.3) is 11.1 Å². The Morgan fingerprint density at radius 2 is 1.96 bits per heavy atom. The molecule has 146 valence electrons. The molecule has 1 heterocycles. The fourth-order valence-electron chi connectivity index (χ4n) is 3.99. The standard InChI is InChI=1S/C22H25Cl3OS/c1-3-4-20-18(12-21(27-20)13(2)26)22-15(10-17(24)11-19(22)25)7-5-14-6-8-16(23)9-14/h10-12,14,16H,3-9H2,1-2H3. The number of aryl methyl sites for hydroxylation is 2. The highest BCUT2D eigenvalue weighted by atomic mass is 35.5. The molecule has 1 aromatic heterocycles. The largest absolute Gasteiger partial charge is 0.294 e. The molecular formula is C22H25Cl3OS. The number of hydrogen-bond donors (Lipinski definition) is 0. The smallest absolute Gasteiger partial charge is 0.169 e. The first-order valence-corrected chi connectivity index (χ1v) is 11.7. The summed E-state index contributed by atoms with van der Waals surface area (Å²) in [6, 6.07) is 5.87. The second-order valence-corrected chi connectivity index (χ2v) is 10.1. The predicted octanol–water partition coefficient (Wildman–Crippen LogP) is 8.22. The number of benzene rings is 1. The van der Waals surface area contributed by atoms with Gasteiger partial charge in [-0.05, 0) is 80.7 Å². The van der Waals surface area contributed by atoms with E-state index in [-0.39, 0.29) is 5.78 Å². The van der Waals surface area contributed by atoms with E-state index >= 15 is 0 Å². The lowest BCUT2D eigenvalue weighted by Gasteiger charge is -2.15. The quantitative estimate of drug-likeness (QED) is 0.311. The number of carbonyl (C=O) groups excluding carboxylic acids is 1. The van der Waals surface area contributed by atoms with Crippen LogP contribution in [0.5, 0.6) is 0 Å². The Balaban J connectivity index is 1.98. The van der Waals surface area contributed by atoms with Gasteiger partial charge in [0.2, 0.25) is 0 Å². The molecular weight excluding hydrogens is 419 g/mol. The Morgan fingerprint density at radius 1 is 1.19 bits per heavy atom. The van der Waals surface area contributed by atoms with Crippen molar-refractivity contribution in [2.75, 3.05) is 0 Å². The summed E-state index contributed by atoms with van der Waals surface area (Å²) in [7, 11) is 0. The van der Waals surface area contributed by atoms with Crippen molar-refractivity contribution in [2.45, 2.75) is 64.2 Å². The summed E-state index contributed by atoms with van der Waals surface area (Å²) in [6.45, 7) is 3.78. The molecule has 2 aromatic rings. The van der Waals surface area contributed by atoms with Crippen molar-refractivity contribution in [3.8, 4) is 11.1 Å². The van der Waals surface area contributed by atoms with E-state index in [1.807, 2.05) is 18.2 Å². The highest BCUT2D eigenvalue weighted by Crippen LogP contribution is 2.42. The minimum Gasteiger partial charge on any atom is -0.294 e. The molecule has 1 fully saturated rings. The molecule has 5 heteroatoms. The average Bonchev–Trinajstić information content (AvgIpc) is 3.19. The van der Waals surface area contributed by atoms with Crippen LogP contribution in [0.2, 0.25) is 10.0 Å². The Labute approximate surface area is 181 Å². The summed E-state index contributed by atoms with van der Waals surface area (Å²) in [4.78, 5) is 14.0. The lowest BCUT2D eigenvalue weighted by atomic mass is 9.92. The maximum absolute atomic E-state index is 11.9. The van der Waals surface area contributed by atoms with Crippen molar-refractivity contribution in [2.24, 2.45) is 5.92 Å². The first-order valence-electron chi connectivity index (χ1n) is 9.65. The van der Waals surface area contributed by atoms with Gasteiger partial charge in [0.05, 0.1) is 9.90 Å². The summed E-state index contributed by atoms with van der Waals surface area (Å²) >= 11 is 20.9. The molecule has 3 rings (SSSR count). The van der Waals surface area contributed by atoms with Crippen LogP contribution < -0.4 is 0 Å². The molecule has 0 spiro atoms. The second kappa shape index (κ2) is 9.31. The topological polar surface area (TPSA) is 17.1 Å². The molecule has 1 saturated carbocycles. The Kier molecular flexibility index (Phi) is 7.30. The van der Waals surface area contributed by atoms with E-state index in [1.54, 1.807) is 18.3 Å². The van der Waals surface area contributed by atoms with Gasteiger partial charge in [0.25, 0.3) is 0 Å². The van der Waals surface area contributed by atoms with Gasteiger partial charge in [0.15, 0.2) is 5.78 Å². The van der Waals surface area contributed by atoms with Gasteiger partial charge < -0.3 is 0 Å². The molecule has 0 N–H and O–H groups in total. The molecule has 2 unspecified atom stereocenters. The van der Waals surface area contributed by atoms with Crippen LogP contribution in [0.15, 0.2) is 18.2 Å². The van der Waals surface area contributed by atoms with Crippen molar-refractivity contribution in [3.05, 3.63) is 43.6 Å². The third-order valence-electron chi connectivity index (χ3n) is 5.34. The SMILES string of the molecule is CCCc1sc(C(C)=O)cc1-c1c(Cl)cc(Cl)cc1CCC1CCC(Cl)C1. The third-order valence-corrected chi connectivity index (χ3v) is 7.55. The lowest BCUT2D eigenvalue weighted by molar-refractivity contribution is 0.102. The molecule has 27 heavy (non-hydrogen) atoms. The summed E-state index contributed by atoms with van der Waals surface area (Å²) in [5.74, 6) is 0.776. The zero-order valence-electron chi connectivity index (χ0n) is 15.8. The van der Waals surface area contributed by atoms with Crippen molar-refractivity contribution in [1.82, 2.24) is 0 Å². The first-order chi connectivity index (χ1) is 12.9. The van der Waals surface area contributed by atoms with Crippen LogP contribution in [0, 0.1) is 5.92 Å². The van der Waals surface area contributed by atoms with E-state index in [2.05, 4.69) is 6.92 Å². The minimum absolute atomic E-state index is 0.106. The molecule has 1 aliphatic carbocycles. The third kappa shape index (κ3) is 5.09.